The second kappa shape index (κ2) is 4.55. The molecule has 1 unspecified atom stereocenters. The van der Waals surface area contributed by atoms with E-state index in [9.17, 15) is 9.18 Å². The first-order valence-corrected chi connectivity index (χ1v) is 6.15. The van der Waals surface area contributed by atoms with Crippen LogP contribution in [0.15, 0.2) is 42.5 Å². The Kier molecular flexibility index (Phi) is 2.87. The highest BCUT2D eigenvalue weighted by Gasteiger charge is 2.27. The van der Waals surface area contributed by atoms with Gasteiger partial charge in [-0.05, 0) is 24.3 Å². The number of halogens is 2. The van der Waals surface area contributed by atoms with Gasteiger partial charge in [0.2, 0.25) is 0 Å². The van der Waals surface area contributed by atoms with Crippen molar-refractivity contribution in [1.82, 2.24) is 5.32 Å². The summed E-state index contributed by atoms with van der Waals surface area (Å²) in [6, 6.07) is 11.5. The zero-order valence-electron chi connectivity index (χ0n) is 9.78. The number of anilines is 1. The van der Waals surface area contributed by atoms with Crippen LogP contribution < -0.4 is 10.6 Å². The lowest BCUT2D eigenvalue weighted by Gasteiger charge is -2.28. The molecular formula is C14H10ClFN2O. The summed E-state index contributed by atoms with van der Waals surface area (Å²) in [5.74, 6) is -0.705. The van der Waals surface area contributed by atoms with Gasteiger partial charge in [0.15, 0.2) is 0 Å². The van der Waals surface area contributed by atoms with E-state index in [1.807, 2.05) is 6.07 Å². The Morgan fingerprint density at radius 2 is 1.84 bits per heavy atom. The molecule has 0 fully saturated rings. The third kappa shape index (κ3) is 2.04. The lowest BCUT2D eigenvalue weighted by atomic mass is 10.1. The van der Waals surface area contributed by atoms with E-state index in [1.165, 1.54) is 12.1 Å². The van der Waals surface area contributed by atoms with Crippen molar-refractivity contribution in [2.45, 2.75) is 6.17 Å². The predicted molar refractivity (Wildman–Crippen MR) is 71.7 cm³/mol. The van der Waals surface area contributed by atoms with Crippen molar-refractivity contribution in [3.8, 4) is 0 Å². The molecule has 96 valence electrons. The molecule has 0 saturated heterocycles. The first-order valence-electron chi connectivity index (χ1n) is 5.77. The summed E-state index contributed by atoms with van der Waals surface area (Å²) in [6.45, 7) is 0. The van der Waals surface area contributed by atoms with E-state index >= 15 is 0 Å². The van der Waals surface area contributed by atoms with Gasteiger partial charge in [0, 0.05) is 11.3 Å². The predicted octanol–water partition coefficient (Wildman–Crippen LogP) is 3.33. The molecule has 3 rings (SSSR count). The molecule has 1 aliphatic rings. The molecule has 5 heteroatoms. The Labute approximate surface area is 114 Å². The van der Waals surface area contributed by atoms with Gasteiger partial charge < -0.3 is 10.6 Å². The molecule has 0 aliphatic carbocycles. The molecule has 0 bridgehead atoms. The van der Waals surface area contributed by atoms with Gasteiger partial charge in [0.25, 0.3) is 5.91 Å². The van der Waals surface area contributed by atoms with Crippen LogP contribution in [0, 0.1) is 5.82 Å². The van der Waals surface area contributed by atoms with E-state index in [1.54, 1.807) is 24.3 Å². The van der Waals surface area contributed by atoms with Crippen molar-refractivity contribution in [1.29, 1.82) is 0 Å². The largest absolute Gasteiger partial charge is 0.361 e. The molecule has 0 aromatic heterocycles. The highest BCUT2D eigenvalue weighted by molar-refractivity contribution is 6.31. The van der Waals surface area contributed by atoms with Crippen LogP contribution in [0.4, 0.5) is 10.1 Å². The average Bonchev–Trinajstić information content (AvgIpc) is 2.38. The maximum atomic E-state index is 13.9. The summed E-state index contributed by atoms with van der Waals surface area (Å²) in [6.07, 6.45) is -0.670. The minimum Gasteiger partial charge on any atom is -0.361 e. The van der Waals surface area contributed by atoms with Crippen LogP contribution in [0.2, 0.25) is 5.02 Å². The van der Waals surface area contributed by atoms with Crippen molar-refractivity contribution in [2.75, 3.05) is 5.32 Å². The van der Waals surface area contributed by atoms with Gasteiger partial charge in [-0.3, -0.25) is 4.79 Å². The highest BCUT2D eigenvalue weighted by atomic mass is 35.5. The number of benzene rings is 2. The fraction of sp³-hybridized carbons (Fsp3) is 0.0714. The van der Waals surface area contributed by atoms with E-state index in [0.29, 0.717) is 11.3 Å². The van der Waals surface area contributed by atoms with Crippen molar-refractivity contribution >= 4 is 23.2 Å². The number of para-hydroxylation sites is 1. The number of nitrogens with one attached hydrogen (secondary N) is 2. The number of fused-ring (bicyclic) bond motifs is 1. The molecule has 1 amide bonds. The molecule has 0 saturated carbocycles. The van der Waals surface area contributed by atoms with Crippen LogP contribution >= 0.6 is 11.6 Å². The summed E-state index contributed by atoms with van der Waals surface area (Å²) in [4.78, 5) is 12.0. The van der Waals surface area contributed by atoms with Crippen LogP contribution in [0.1, 0.15) is 22.1 Å². The zero-order chi connectivity index (χ0) is 13.4. The van der Waals surface area contributed by atoms with E-state index in [-0.39, 0.29) is 16.5 Å². The smallest absolute Gasteiger partial charge is 0.255 e. The Balaban J connectivity index is 2.04. The zero-order valence-corrected chi connectivity index (χ0v) is 10.5. The molecule has 1 atom stereocenters. The second-order valence-corrected chi connectivity index (χ2v) is 4.64. The Hall–Kier alpha value is -2.07. The van der Waals surface area contributed by atoms with Gasteiger partial charge in [-0.25, -0.2) is 4.39 Å². The first kappa shape index (κ1) is 12.0. The summed E-state index contributed by atoms with van der Waals surface area (Å²) < 4.78 is 13.9. The normalized spacial score (nSPS) is 17.4. The molecule has 1 heterocycles. The second-order valence-electron chi connectivity index (χ2n) is 4.23. The number of hydrogen-bond donors (Lipinski definition) is 2. The van der Waals surface area contributed by atoms with E-state index in [2.05, 4.69) is 10.6 Å². The average molecular weight is 277 g/mol. The van der Waals surface area contributed by atoms with Crippen LogP contribution in [-0.4, -0.2) is 5.91 Å². The molecule has 2 aromatic rings. The van der Waals surface area contributed by atoms with Crippen molar-refractivity contribution < 1.29 is 9.18 Å². The van der Waals surface area contributed by atoms with Crippen LogP contribution in [0.3, 0.4) is 0 Å². The maximum Gasteiger partial charge on any atom is 0.255 e. The van der Waals surface area contributed by atoms with Crippen molar-refractivity contribution in [3.63, 3.8) is 0 Å². The minimum absolute atomic E-state index is 0.243. The first-order chi connectivity index (χ1) is 9.16. The molecule has 0 spiro atoms. The fourth-order valence-electron chi connectivity index (χ4n) is 2.14. The summed E-state index contributed by atoms with van der Waals surface area (Å²) in [5, 5.41) is 6.04. The van der Waals surface area contributed by atoms with Crippen molar-refractivity contribution in [2.24, 2.45) is 0 Å². The number of amides is 1. The molecule has 1 aliphatic heterocycles. The van der Waals surface area contributed by atoms with Crippen LogP contribution in [-0.2, 0) is 0 Å². The third-order valence-corrected chi connectivity index (χ3v) is 3.36. The molecule has 2 aromatic carbocycles. The van der Waals surface area contributed by atoms with Gasteiger partial charge in [-0.15, -0.1) is 0 Å². The Morgan fingerprint density at radius 3 is 2.63 bits per heavy atom. The fourth-order valence-corrected chi connectivity index (χ4v) is 2.41. The molecule has 2 N–H and O–H groups in total. The standard InChI is InChI=1S/C14H10ClFN2O/c15-9-5-3-6-10(16)12(9)13-17-11-7-2-1-4-8(11)14(19)18-13/h1-7,13,17H,(H,18,19). The van der Waals surface area contributed by atoms with Crippen molar-refractivity contribution in [3.05, 3.63) is 64.4 Å². The third-order valence-electron chi connectivity index (χ3n) is 3.04. The molecule has 19 heavy (non-hydrogen) atoms. The SMILES string of the molecule is O=C1NC(c2c(F)cccc2Cl)Nc2ccccc21. The lowest BCUT2D eigenvalue weighted by molar-refractivity contribution is 0.0935. The molecule has 3 nitrogen and oxygen atoms in total. The summed E-state index contributed by atoms with van der Waals surface area (Å²) in [5.41, 5.74) is 1.44. The van der Waals surface area contributed by atoms with Gasteiger partial charge >= 0.3 is 0 Å². The van der Waals surface area contributed by atoms with E-state index < -0.39 is 12.0 Å². The topological polar surface area (TPSA) is 41.1 Å². The molecule has 0 radical (unpaired) electrons. The Morgan fingerprint density at radius 1 is 1.05 bits per heavy atom. The van der Waals surface area contributed by atoms with Gasteiger partial charge in [-0.1, -0.05) is 29.8 Å². The van der Waals surface area contributed by atoms with Gasteiger partial charge in [-0.2, -0.15) is 0 Å². The number of hydrogen-bond acceptors (Lipinski definition) is 2. The minimum atomic E-state index is -0.670. The summed E-state index contributed by atoms with van der Waals surface area (Å²) >= 11 is 6.01. The number of rotatable bonds is 1. The van der Waals surface area contributed by atoms with Crippen LogP contribution in [0.25, 0.3) is 0 Å². The maximum absolute atomic E-state index is 13.9. The van der Waals surface area contributed by atoms with E-state index in [4.69, 9.17) is 11.6 Å². The summed E-state index contributed by atoms with van der Waals surface area (Å²) in [7, 11) is 0. The lowest BCUT2D eigenvalue weighted by Crippen LogP contribution is -2.39. The Bertz CT molecular complexity index is 639. The van der Waals surface area contributed by atoms with Crippen LogP contribution in [0.5, 0.6) is 0 Å². The number of carbonyl (C=O) groups is 1. The number of carbonyl (C=O) groups excluding carboxylic acids is 1. The quantitative estimate of drug-likeness (QED) is 0.839. The van der Waals surface area contributed by atoms with Gasteiger partial charge in [0.1, 0.15) is 12.0 Å². The highest BCUT2D eigenvalue weighted by Crippen LogP contribution is 2.31. The molecular weight excluding hydrogens is 267 g/mol. The van der Waals surface area contributed by atoms with Gasteiger partial charge in [0.05, 0.1) is 10.6 Å². The van der Waals surface area contributed by atoms with E-state index in [0.717, 1.165) is 0 Å². The monoisotopic (exact) mass is 276 g/mol.